The van der Waals surface area contributed by atoms with Gasteiger partial charge in [0, 0.05) is 11.6 Å². The van der Waals surface area contributed by atoms with Crippen molar-refractivity contribution in [2.45, 2.75) is 25.8 Å². The van der Waals surface area contributed by atoms with Crippen LogP contribution in [-0.4, -0.2) is 22.5 Å². The van der Waals surface area contributed by atoms with Crippen LogP contribution in [0, 0.1) is 0 Å². The van der Waals surface area contributed by atoms with Crippen LogP contribution in [0.15, 0.2) is 39.5 Å². The summed E-state index contributed by atoms with van der Waals surface area (Å²) in [6.45, 7) is 3.16. The number of carbonyl (C=O) groups excluding carboxylic acids is 1. The number of carboxylic acid groups (broad SMARTS) is 1. The minimum atomic E-state index is -1.03. The monoisotopic (exact) mass is 289 g/mol. The molecule has 0 bridgehead atoms. The van der Waals surface area contributed by atoms with Gasteiger partial charge in [0.25, 0.3) is 5.91 Å². The van der Waals surface area contributed by atoms with Gasteiger partial charge in [0.2, 0.25) is 0 Å². The Kier molecular flexibility index (Phi) is 3.80. The van der Waals surface area contributed by atoms with E-state index in [1.54, 1.807) is 38.1 Å². The molecule has 110 valence electrons. The van der Waals surface area contributed by atoms with Gasteiger partial charge in [-0.3, -0.25) is 14.4 Å². The maximum Gasteiger partial charge on any atom is 0.305 e. The van der Waals surface area contributed by atoms with Crippen LogP contribution in [0.4, 0.5) is 0 Å². The number of carbonyl (C=O) groups is 2. The second-order valence-corrected chi connectivity index (χ2v) is 5.38. The molecule has 1 aromatic carbocycles. The molecule has 0 aliphatic heterocycles. The van der Waals surface area contributed by atoms with Crippen LogP contribution in [0.3, 0.4) is 0 Å². The summed E-state index contributed by atoms with van der Waals surface area (Å²) < 4.78 is 5.40. The summed E-state index contributed by atoms with van der Waals surface area (Å²) in [6.07, 6.45) is -0.240. The normalized spacial score (nSPS) is 11.3. The van der Waals surface area contributed by atoms with E-state index in [9.17, 15) is 14.4 Å². The number of hydrogen-bond acceptors (Lipinski definition) is 4. The molecule has 0 radical (unpaired) electrons. The Morgan fingerprint density at radius 1 is 1.29 bits per heavy atom. The third-order valence-electron chi connectivity index (χ3n) is 2.90. The van der Waals surface area contributed by atoms with E-state index in [1.165, 1.54) is 0 Å². The van der Waals surface area contributed by atoms with Crippen LogP contribution in [0.1, 0.15) is 30.8 Å². The second kappa shape index (κ2) is 5.40. The molecule has 0 fully saturated rings. The number of para-hydroxylation sites is 1. The number of nitrogens with one attached hydrogen (secondary N) is 1. The Morgan fingerprint density at radius 3 is 2.62 bits per heavy atom. The minimum absolute atomic E-state index is 0.142. The van der Waals surface area contributed by atoms with Crippen molar-refractivity contribution in [2.75, 3.05) is 0 Å². The lowest BCUT2D eigenvalue weighted by atomic mass is 10.0. The summed E-state index contributed by atoms with van der Waals surface area (Å²) in [5.41, 5.74) is -0.961. The first kappa shape index (κ1) is 14.8. The fourth-order valence-corrected chi connectivity index (χ4v) is 2.01. The highest BCUT2D eigenvalue weighted by molar-refractivity contribution is 5.93. The Balaban J connectivity index is 2.32. The molecule has 6 heteroatoms. The zero-order valence-corrected chi connectivity index (χ0v) is 11.7. The van der Waals surface area contributed by atoms with Gasteiger partial charge in [-0.2, -0.15) is 0 Å². The molecule has 0 aliphatic carbocycles. The lowest BCUT2D eigenvalue weighted by Gasteiger charge is -2.23. The number of carboxylic acids is 1. The van der Waals surface area contributed by atoms with Crippen LogP contribution in [-0.2, 0) is 4.79 Å². The fraction of sp³-hybridized carbons (Fsp3) is 0.267. The third-order valence-corrected chi connectivity index (χ3v) is 2.90. The zero-order chi connectivity index (χ0) is 15.6. The highest BCUT2D eigenvalue weighted by Gasteiger charge is 2.25. The van der Waals surface area contributed by atoms with E-state index in [0.29, 0.717) is 11.0 Å². The molecule has 0 saturated heterocycles. The van der Waals surface area contributed by atoms with Crippen LogP contribution in [0.2, 0.25) is 0 Å². The lowest BCUT2D eigenvalue weighted by Crippen LogP contribution is -2.45. The summed E-state index contributed by atoms with van der Waals surface area (Å²) in [5.74, 6) is -1.79. The number of fused-ring (bicyclic) bond motifs is 1. The van der Waals surface area contributed by atoms with E-state index in [1.807, 2.05) is 0 Å². The van der Waals surface area contributed by atoms with E-state index in [4.69, 9.17) is 9.52 Å². The van der Waals surface area contributed by atoms with Crippen molar-refractivity contribution in [1.82, 2.24) is 5.32 Å². The van der Waals surface area contributed by atoms with Crippen LogP contribution < -0.4 is 10.7 Å². The third kappa shape index (κ3) is 3.47. The summed E-state index contributed by atoms with van der Waals surface area (Å²) >= 11 is 0. The van der Waals surface area contributed by atoms with E-state index >= 15 is 0 Å². The van der Waals surface area contributed by atoms with Crippen LogP contribution in [0.5, 0.6) is 0 Å². The molecular weight excluding hydrogens is 274 g/mol. The SMILES string of the molecule is CC(C)(CC(=O)O)NC(=O)c1cc(=O)c2ccccc2o1. The van der Waals surface area contributed by atoms with Gasteiger partial charge in [0.15, 0.2) is 11.2 Å². The molecule has 0 spiro atoms. The molecule has 0 aliphatic rings. The predicted octanol–water partition coefficient (Wildman–Crippen LogP) is 1.78. The standard InChI is InChI=1S/C15H15NO5/c1-15(2,8-13(18)19)16-14(20)12-7-10(17)9-5-3-4-6-11(9)21-12/h3-7H,8H2,1-2H3,(H,16,20)(H,18,19). The van der Waals surface area contributed by atoms with E-state index < -0.39 is 17.4 Å². The number of benzene rings is 1. The van der Waals surface area contributed by atoms with Crippen molar-refractivity contribution >= 4 is 22.8 Å². The zero-order valence-electron chi connectivity index (χ0n) is 11.7. The van der Waals surface area contributed by atoms with Crippen LogP contribution >= 0.6 is 0 Å². The molecule has 1 aromatic heterocycles. The summed E-state index contributed by atoms with van der Waals surface area (Å²) in [7, 11) is 0. The van der Waals surface area contributed by atoms with Gasteiger partial charge < -0.3 is 14.8 Å². The van der Waals surface area contributed by atoms with Gasteiger partial charge in [-0.05, 0) is 26.0 Å². The van der Waals surface area contributed by atoms with Crippen molar-refractivity contribution in [3.05, 3.63) is 46.3 Å². The molecule has 2 aromatic rings. The average molecular weight is 289 g/mol. The first-order valence-corrected chi connectivity index (χ1v) is 6.36. The van der Waals surface area contributed by atoms with Crippen LogP contribution in [0.25, 0.3) is 11.0 Å². The topological polar surface area (TPSA) is 96.6 Å². The summed E-state index contributed by atoms with van der Waals surface area (Å²) in [6, 6.07) is 7.71. The van der Waals surface area contributed by atoms with Crippen molar-refractivity contribution in [3.63, 3.8) is 0 Å². The van der Waals surface area contributed by atoms with Gasteiger partial charge in [0.1, 0.15) is 5.58 Å². The first-order chi connectivity index (χ1) is 9.78. The molecule has 0 unspecified atom stereocenters. The number of rotatable bonds is 4. The quantitative estimate of drug-likeness (QED) is 0.894. The van der Waals surface area contributed by atoms with Gasteiger partial charge >= 0.3 is 5.97 Å². The number of aliphatic carboxylic acids is 1. The van der Waals surface area contributed by atoms with E-state index in [2.05, 4.69) is 5.32 Å². The van der Waals surface area contributed by atoms with Crippen molar-refractivity contribution in [3.8, 4) is 0 Å². The highest BCUT2D eigenvalue weighted by atomic mass is 16.4. The maximum absolute atomic E-state index is 12.1. The van der Waals surface area contributed by atoms with Gasteiger partial charge in [-0.1, -0.05) is 12.1 Å². The fourth-order valence-electron chi connectivity index (χ4n) is 2.01. The molecular formula is C15H15NO5. The highest BCUT2D eigenvalue weighted by Crippen LogP contribution is 2.14. The average Bonchev–Trinajstić information content (AvgIpc) is 2.36. The molecule has 2 rings (SSSR count). The molecule has 21 heavy (non-hydrogen) atoms. The minimum Gasteiger partial charge on any atom is -0.481 e. The van der Waals surface area contributed by atoms with Crippen molar-refractivity contribution < 1.29 is 19.1 Å². The Bertz CT molecular complexity index is 760. The molecule has 0 atom stereocenters. The smallest absolute Gasteiger partial charge is 0.305 e. The Labute approximate surface area is 120 Å². The summed E-state index contributed by atoms with van der Waals surface area (Å²) in [5, 5.41) is 11.7. The molecule has 6 nitrogen and oxygen atoms in total. The van der Waals surface area contributed by atoms with Crippen molar-refractivity contribution in [2.24, 2.45) is 0 Å². The van der Waals surface area contributed by atoms with E-state index in [-0.39, 0.29) is 17.6 Å². The number of hydrogen-bond donors (Lipinski definition) is 2. The Morgan fingerprint density at radius 2 is 1.95 bits per heavy atom. The van der Waals surface area contributed by atoms with Gasteiger partial charge in [0.05, 0.1) is 11.8 Å². The predicted molar refractivity (Wildman–Crippen MR) is 76.3 cm³/mol. The Hall–Kier alpha value is -2.63. The maximum atomic E-state index is 12.1. The summed E-state index contributed by atoms with van der Waals surface area (Å²) in [4.78, 5) is 34.8. The van der Waals surface area contributed by atoms with Gasteiger partial charge in [-0.15, -0.1) is 0 Å². The van der Waals surface area contributed by atoms with Gasteiger partial charge in [-0.25, -0.2) is 0 Å². The molecule has 1 heterocycles. The molecule has 0 saturated carbocycles. The van der Waals surface area contributed by atoms with Crippen molar-refractivity contribution in [1.29, 1.82) is 0 Å². The number of amides is 1. The largest absolute Gasteiger partial charge is 0.481 e. The first-order valence-electron chi connectivity index (χ1n) is 6.36. The second-order valence-electron chi connectivity index (χ2n) is 5.38. The molecule has 2 N–H and O–H groups in total. The lowest BCUT2D eigenvalue weighted by molar-refractivity contribution is -0.138. The molecule has 1 amide bonds. The van der Waals surface area contributed by atoms with E-state index in [0.717, 1.165) is 6.07 Å².